The lowest BCUT2D eigenvalue weighted by atomic mass is 10.00. The third-order valence-corrected chi connectivity index (χ3v) is 3.53. The molecule has 1 heterocycles. The molecule has 0 unspecified atom stereocenters. The van der Waals surface area contributed by atoms with E-state index in [-0.39, 0.29) is 17.9 Å². The zero-order valence-electron chi connectivity index (χ0n) is 11.3. The molecule has 0 spiro atoms. The second kappa shape index (κ2) is 7.05. The van der Waals surface area contributed by atoms with Crippen molar-refractivity contribution in [2.24, 2.45) is 5.92 Å². The number of hydrogen-bond acceptors (Lipinski definition) is 3. The highest BCUT2D eigenvalue weighted by Crippen LogP contribution is 2.14. The number of aromatic carboxylic acids is 1. The lowest BCUT2D eigenvalue weighted by Gasteiger charge is -2.22. The van der Waals surface area contributed by atoms with Crippen LogP contribution in [0.5, 0.6) is 0 Å². The molecule has 1 aliphatic rings. The SMILES string of the molecule is O=C(Cc1ccccc1C(=O)O)NCC1CCOCC1. The molecule has 20 heavy (non-hydrogen) atoms. The van der Waals surface area contributed by atoms with Gasteiger partial charge < -0.3 is 15.2 Å². The van der Waals surface area contributed by atoms with Crippen LogP contribution < -0.4 is 5.32 Å². The largest absolute Gasteiger partial charge is 0.478 e. The zero-order chi connectivity index (χ0) is 14.4. The van der Waals surface area contributed by atoms with Crippen LogP contribution in [0.4, 0.5) is 0 Å². The molecule has 0 aliphatic carbocycles. The van der Waals surface area contributed by atoms with Gasteiger partial charge in [0.15, 0.2) is 0 Å². The van der Waals surface area contributed by atoms with Gasteiger partial charge in [0.2, 0.25) is 5.91 Å². The molecule has 1 aromatic carbocycles. The summed E-state index contributed by atoms with van der Waals surface area (Å²) in [6.45, 7) is 2.14. The molecule has 1 aliphatic heterocycles. The first-order chi connectivity index (χ1) is 9.66. The van der Waals surface area contributed by atoms with Gasteiger partial charge in [0, 0.05) is 19.8 Å². The summed E-state index contributed by atoms with van der Waals surface area (Å²) in [5.74, 6) is -0.676. The molecule has 0 aromatic heterocycles. The van der Waals surface area contributed by atoms with Gasteiger partial charge in [-0.15, -0.1) is 0 Å². The van der Waals surface area contributed by atoms with Crippen molar-refractivity contribution in [2.75, 3.05) is 19.8 Å². The number of carboxylic acids is 1. The van der Waals surface area contributed by atoms with Gasteiger partial charge in [0.1, 0.15) is 0 Å². The molecule has 5 heteroatoms. The van der Waals surface area contributed by atoms with Gasteiger partial charge in [-0.3, -0.25) is 4.79 Å². The number of carboxylic acid groups (broad SMARTS) is 1. The van der Waals surface area contributed by atoms with Crippen LogP contribution in [0.25, 0.3) is 0 Å². The Bertz CT molecular complexity index is 481. The van der Waals surface area contributed by atoms with Crippen molar-refractivity contribution < 1.29 is 19.4 Å². The van der Waals surface area contributed by atoms with E-state index in [4.69, 9.17) is 9.84 Å². The van der Waals surface area contributed by atoms with E-state index >= 15 is 0 Å². The number of amides is 1. The number of carbonyl (C=O) groups excluding carboxylic acids is 1. The van der Waals surface area contributed by atoms with Gasteiger partial charge in [-0.2, -0.15) is 0 Å². The molecule has 1 amide bonds. The second-order valence-electron chi connectivity index (χ2n) is 5.00. The maximum atomic E-state index is 11.9. The minimum absolute atomic E-state index is 0.103. The molecule has 1 aromatic rings. The van der Waals surface area contributed by atoms with E-state index in [0.29, 0.717) is 18.0 Å². The first-order valence-electron chi connectivity index (χ1n) is 6.82. The topological polar surface area (TPSA) is 75.6 Å². The van der Waals surface area contributed by atoms with E-state index in [0.717, 1.165) is 26.1 Å². The minimum atomic E-state index is -1.00. The number of rotatable bonds is 5. The smallest absolute Gasteiger partial charge is 0.335 e. The van der Waals surface area contributed by atoms with E-state index in [1.54, 1.807) is 18.2 Å². The van der Waals surface area contributed by atoms with Crippen LogP contribution >= 0.6 is 0 Å². The Labute approximate surface area is 117 Å². The Morgan fingerprint density at radius 1 is 1.25 bits per heavy atom. The quantitative estimate of drug-likeness (QED) is 0.854. The summed E-state index contributed by atoms with van der Waals surface area (Å²) < 4.78 is 5.27. The Morgan fingerprint density at radius 3 is 2.65 bits per heavy atom. The fraction of sp³-hybridized carbons (Fsp3) is 0.467. The molecular weight excluding hydrogens is 258 g/mol. The maximum Gasteiger partial charge on any atom is 0.335 e. The number of hydrogen-bond donors (Lipinski definition) is 2. The average molecular weight is 277 g/mol. The van der Waals surface area contributed by atoms with Crippen molar-refractivity contribution in [3.63, 3.8) is 0 Å². The summed E-state index contributed by atoms with van der Waals surface area (Å²) in [6, 6.07) is 6.60. The van der Waals surface area contributed by atoms with Crippen molar-refractivity contribution in [3.05, 3.63) is 35.4 Å². The summed E-state index contributed by atoms with van der Waals surface area (Å²) >= 11 is 0. The first-order valence-corrected chi connectivity index (χ1v) is 6.82. The molecule has 0 bridgehead atoms. The van der Waals surface area contributed by atoms with E-state index in [1.807, 2.05) is 0 Å². The summed E-state index contributed by atoms with van der Waals surface area (Å²) in [7, 11) is 0. The van der Waals surface area contributed by atoms with Crippen LogP contribution in [0, 0.1) is 5.92 Å². The number of ether oxygens (including phenoxy) is 1. The third-order valence-electron chi connectivity index (χ3n) is 3.53. The van der Waals surface area contributed by atoms with Crippen LogP contribution in [0.15, 0.2) is 24.3 Å². The minimum Gasteiger partial charge on any atom is -0.478 e. The van der Waals surface area contributed by atoms with Crippen molar-refractivity contribution in [3.8, 4) is 0 Å². The van der Waals surface area contributed by atoms with Gasteiger partial charge in [-0.05, 0) is 30.4 Å². The summed E-state index contributed by atoms with van der Waals surface area (Å²) in [6.07, 6.45) is 2.03. The number of benzene rings is 1. The summed E-state index contributed by atoms with van der Waals surface area (Å²) in [5.41, 5.74) is 0.734. The van der Waals surface area contributed by atoms with Crippen molar-refractivity contribution in [1.82, 2.24) is 5.32 Å². The summed E-state index contributed by atoms with van der Waals surface area (Å²) in [5, 5.41) is 11.9. The van der Waals surface area contributed by atoms with Crippen molar-refractivity contribution in [1.29, 1.82) is 0 Å². The Hall–Kier alpha value is -1.88. The van der Waals surface area contributed by atoms with Crippen molar-refractivity contribution >= 4 is 11.9 Å². The predicted molar refractivity (Wildman–Crippen MR) is 73.7 cm³/mol. The van der Waals surface area contributed by atoms with Gasteiger partial charge in [0.25, 0.3) is 0 Å². The van der Waals surface area contributed by atoms with Gasteiger partial charge in [0.05, 0.1) is 12.0 Å². The molecule has 2 N–H and O–H groups in total. The highest BCUT2D eigenvalue weighted by molar-refractivity contribution is 5.91. The molecule has 0 radical (unpaired) electrons. The highest BCUT2D eigenvalue weighted by Gasteiger charge is 2.16. The monoisotopic (exact) mass is 277 g/mol. The first kappa shape index (κ1) is 14.5. The highest BCUT2D eigenvalue weighted by atomic mass is 16.5. The fourth-order valence-corrected chi connectivity index (χ4v) is 2.33. The third kappa shape index (κ3) is 4.06. The number of carbonyl (C=O) groups is 2. The van der Waals surface area contributed by atoms with Crippen LogP contribution in [0.2, 0.25) is 0 Å². The van der Waals surface area contributed by atoms with Gasteiger partial charge in [-0.1, -0.05) is 18.2 Å². The molecule has 1 saturated heterocycles. The Kier molecular flexibility index (Phi) is 5.12. The molecule has 0 atom stereocenters. The number of nitrogens with one attached hydrogen (secondary N) is 1. The average Bonchev–Trinajstić information content (AvgIpc) is 2.46. The predicted octanol–water partition coefficient (Wildman–Crippen LogP) is 1.47. The molecule has 0 saturated carbocycles. The van der Waals surface area contributed by atoms with E-state index in [1.165, 1.54) is 6.07 Å². The Balaban J connectivity index is 1.86. The lowest BCUT2D eigenvalue weighted by molar-refractivity contribution is -0.120. The maximum absolute atomic E-state index is 11.9. The van der Waals surface area contributed by atoms with E-state index < -0.39 is 5.97 Å². The molecular formula is C15H19NO4. The lowest BCUT2D eigenvalue weighted by Crippen LogP contribution is -2.33. The molecule has 2 rings (SSSR count). The molecule has 5 nitrogen and oxygen atoms in total. The van der Waals surface area contributed by atoms with Crippen molar-refractivity contribution in [2.45, 2.75) is 19.3 Å². The molecule has 1 fully saturated rings. The zero-order valence-corrected chi connectivity index (χ0v) is 11.3. The van der Waals surface area contributed by atoms with Crippen LogP contribution in [0.1, 0.15) is 28.8 Å². The normalized spacial score (nSPS) is 15.8. The van der Waals surface area contributed by atoms with E-state index in [9.17, 15) is 9.59 Å². The second-order valence-corrected chi connectivity index (χ2v) is 5.00. The van der Waals surface area contributed by atoms with Gasteiger partial charge >= 0.3 is 5.97 Å². The Morgan fingerprint density at radius 2 is 1.95 bits per heavy atom. The van der Waals surface area contributed by atoms with Crippen LogP contribution in [-0.2, 0) is 16.0 Å². The fourth-order valence-electron chi connectivity index (χ4n) is 2.33. The standard InChI is InChI=1S/C15H19NO4/c17-14(16-10-11-5-7-20-8-6-11)9-12-3-1-2-4-13(12)15(18)19/h1-4,11H,5-10H2,(H,16,17)(H,18,19). The van der Waals surface area contributed by atoms with Crippen LogP contribution in [-0.4, -0.2) is 36.7 Å². The molecule has 108 valence electrons. The summed E-state index contributed by atoms with van der Waals surface area (Å²) in [4.78, 5) is 23.0. The van der Waals surface area contributed by atoms with Crippen LogP contribution in [0.3, 0.4) is 0 Å². The van der Waals surface area contributed by atoms with Gasteiger partial charge in [-0.25, -0.2) is 4.79 Å². The van der Waals surface area contributed by atoms with E-state index in [2.05, 4.69) is 5.32 Å².